The Morgan fingerprint density at radius 2 is 2.19 bits per heavy atom. The largest absolute Gasteiger partial charge is 0.497 e. The zero-order valence-corrected chi connectivity index (χ0v) is 16.2. The number of nitrogens with one attached hydrogen (secondary N) is 1. The maximum Gasteiger partial charge on any atom is 0.317 e. The van der Waals surface area contributed by atoms with Crippen molar-refractivity contribution in [3.63, 3.8) is 0 Å². The summed E-state index contributed by atoms with van der Waals surface area (Å²) >= 11 is 5.56. The number of methoxy groups -OCH3 is 2. The molecule has 142 valence electrons. The van der Waals surface area contributed by atoms with E-state index in [1.165, 1.54) is 0 Å². The van der Waals surface area contributed by atoms with Crippen molar-refractivity contribution in [1.82, 2.24) is 10.2 Å². The van der Waals surface area contributed by atoms with E-state index < -0.39 is 11.6 Å². The van der Waals surface area contributed by atoms with Gasteiger partial charge in [-0.2, -0.15) is 0 Å². The maximum atomic E-state index is 12.8. The smallest absolute Gasteiger partial charge is 0.317 e. The number of thiocarbonyl (C=S) groups is 1. The lowest BCUT2D eigenvalue weighted by atomic mass is 9.79. The van der Waals surface area contributed by atoms with Crippen molar-refractivity contribution >= 4 is 23.3 Å². The monoisotopic (exact) mass is 380 g/mol. The van der Waals surface area contributed by atoms with Crippen LogP contribution in [-0.4, -0.2) is 55.7 Å². The van der Waals surface area contributed by atoms with E-state index in [0.717, 1.165) is 5.56 Å². The van der Waals surface area contributed by atoms with Crippen LogP contribution in [0.25, 0.3) is 0 Å². The molecule has 2 aliphatic heterocycles. The third-order valence-electron chi connectivity index (χ3n) is 4.90. The zero-order valence-electron chi connectivity index (χ0n) is 15.4. The van der Waals surface area contributed by atoms with Crippen LogP contribution in [0.2, 0.25) is 0 Å². The third kappa shape index (κ3) is 2.97. The van der Waals surface area contributed by atoms with Gasteiger partial charge in [0, 0.05) is 19.2 Å². The highest BCUT2D eigenvalue weighted by molar-refractivity contribution is 7.80. The summed E-state index contributed by atoms with van der Waals surface area (Å²) < 4.78 is 22.2. The van der Waals surface area contributed by atoms with Gasteiger partial charge in [-0.1, -0.05) is 0 Å². The molecule has 0 amide bonds. The van der Waals surface area contributed by atoms with Crippen LogP contribution in [0.15, 0.2) is 18.2 Å². The number of esters is 1. The van der Waals surface area contributed by atoms with E-state index in [-0.39, 0.29) is 12.0 Å². The number of rotatable bonds is 6. The molecule has 26 heavy (non-hydrogen) atoms. The normalized spacial score (nSPS) is 26.5. The van der Waals surface area contributed by atoms with Gasteiger partial charge >= 0.3 is 5.97 Å². The molecule has 0 spiro atoms. The second-order valence-corrected chi connectivity index (χ2v) is 6.75. The second-order valence-electron chi connectivity index (χ2n) is 6.36. The lowest BCUT2D eigenvalue weighted by molar-refractivity contribution is -0.176. The molecule has 3 atom stereocenters. The summed E-state index contributed by atoms with van der Waals surface area (Å²) in [6, 6.07) is 5.20. The minimum Gasteiger partial charge on any atom is -0.497 e. The molecule has 0 unspecified atom stereocenters. The highest BCUT2D eigenvalue weighted by Gasteiger charge is 2.59. The van der Waals surface area contributed by atoms with Crippen molar-refractivity contribution in [1.29, 1.82) is 0 Å². The number of ether oxygens (including phenoxy) is 4. The first-order valence-corrected chi connectivity index (χ1v) is 8.97. The summed E-state index contributed by atoms with van der Waals surface area (Å²) in [4.78, 5) is 14.7. The van der Waals surface area contributed by atoms with Gasteiger partial charge in [0.05, 0.1) is 26.4 Å². The molecule has 0 radical (unpaired) electrons. The van der Waals surface area contributed by atoms with Crippen LogP contribution in [0.4, 0.5) is 0 Å². The van der Waals surface area contributed by atoms with Crippen molar-refractivity contribution in [3.05, 3.63) is 23.8 Å². The first-order valence-electron chi connectivity index (χ1n) is 8.57. The fourth-order valence-corrected chi connectivity index (χ4v) is 4.05. The Morgan fingerprint density at radius 3 is 2.85 bits per heavy atom. The van der Waals surface area contributed by atoms with Gasteiger partial charge in [-0.15, -0.1) is 0 Å². The molecule has 2 aliphatic rings. The molecule has 1 N–H and O–H groups in total. The Balaban J connectivity index is 2.09. The van der Waals surface area contributed by atoms with Crippen LogP contribution in [0.3, 0.4) is 0 Å². The van der Waals surface area contributed by atoms with Gasteiger partial charge in [0.2, 0.25) is 0 Å². The summed E-state index contributed by atoms with van der Waals surface area (Å²) in [7, 11) is 3.22. The molecule has 2 bridgehead atoms. The average Bonchev–Trinajstić information content (AvgIpc) is 2.61. The number of hydrogen-bond donors (Lipinski definition) is 1. The standard InChI is InChI=1S/C18H24N2O5S/c1-5-24-16(21)14-15-12-10-11(23-4)6-7-13(12)25-18(14,2)20(8-9-22-3)17(26)19-15/h6-7,10,14-15H,5,8-9H2,1-4H3,(H,19,26)/t14-,15-,18-/m0/s1. The minimum absolute atomic E-state index is 0.297. The Labute approximate surface area is 158 Å². The van der Waals surface area contributed by atoms with E-state index in [4.69, 9.17) is 31.2 Å². The van der Waals surface area contributed by atoms with Gasteiger partial charge in [0.1, 0.15) is 17.4 Å². The molecule has 2 heterocycles. The maximum absolute atomic E-state index is 12.8. The molecule has 7 nitrogen and oxygen atoms in total. The van der Waals surface area contributed by atoms with Gasteiger partial charge in [-0.05, 0) is 44.3 Å². The predicted molar refractivity (Wildman–Crippen MR) is 99.2 cm³/mol. The molecule has 1 saturated heterocycles. The number of nitrogens with zero attached hydrogens (tertiary/aromatic N) is 1. The Bertz CT molecular complexity index is 713. The molecule has 3 rings (SSSR count). The van der Waals surface area contributed by atoms with Crippen LogP contribution in [0.5, 0.6) is 11.5 Å². The molecule has 1 aromatic rings. The fraction of sp³-hybridized carbons (Fsp3) is 0.556. The first-order chi connectivity index (χ1) is 12.5. The van der Waals surface area contributed by atoms with Gasteiger partial charge < -0.3 is 29.2 Å². The highest BCUT2D eigenvalue weighted by atomic mass is 32.1. The quantitative estimate of drug-likeness (QED) is 0.592. The van der Waals surface area contributed by atoms with Crippen LogP contribution < -0.4 is 14.8 Å². The molecule has 1 fully saturated rings. The van der Waals surface area contributed by atoms with E-state index in [1.54, 1.807) is 21.1 Å². The van der Waals surface area contributed by atoms with Crippen molar-refractivity contribution < 1.29 is 23.7 Å². The SMILES string of the molecule is CCOC(=O)[C@@H]1[C@H]2NC(=S)N(CCOC)[C@@]1(C)Oc1ccc(OC)cc12. The lowest BCUT2D eigenvalue weighted by Gasteiger charge is -2.55. The molecular weight excluding hydrogens is 356 g/mol. The Morgan fingerprint density at radius 1 is 1.42 bits per heavy atom. The molecule has 0 aliphatic carbocycles. The number of carbonyl (C=O) groups excluding carboxylic acids is 1. The molecule has 1 aromatic carbocycles. The summed E-state index contributed by atoms with van der Waals surface area (Å²) in [5.74, 6) is 0.459. The van der Waals surface area contributed by atoms with Gasteiger partial charge in [0.25, 0.3) is 0 Å². The fourth-order valence-electron chi connectivity index (χ4n) is 3.65. The van der Waals surface area contributed by atoms with Gasteiger partial charge in [-0.25, -0.2) is 0 Å². The molecule has 0 aromatic heterocycles. The van der Waals surface area contributed by atoms with Crippen molar-refractivity contribution in [2.75, 3.05) is 34.0 Å². The van der Waals surface area contributed by atoms with E-state index >= 15 is 0 Å². The summed E-state index contributed by atoms with van der Waals surface area (Å²) in [6.07, 6.45) is 0. The van der Waals surface area contributed by atoms with Gasteiger partial charge in [0.15, 0.2) is 10.8 Å². The number of benzene rings is 1. The van der Waals surface area contributed by atoms with Crippen molar-refractivity contribution in [2.24, 2.45) is 5.92 Å². The van der Waals surface area contributed by atoms with E-state index in [2.05, 4.69) is 5.32 Å². The topological polar surface area (TPSA) is 69.3 Å². The number of hydrogen-bond acceptors (Lipinski definition) is 6. The van der Waals surface area contributed by atoms with Crippen molar-refractivity contribution in [2.45, 2.75) is 25.6 Å². The van der Waals surface area contributed by atoms with Crippen LogP contribution in [0.1, 0.15) is 25.5 Å². The summed E-state index contributed by atoms with van der Waals surface area (Å²) in [5.41, 5.74) is -0.145. The highest BCUT2D eigenvalue weighted by Crippen LogP contribution is 2.49. The van der Waals surface area contributed by atoms with Gasteiger partial charge in [-0.3, -0.25) is 4.79 Å². The molecular formula is C18H24N2O5S. The Kier molecular flexibility index (Phi) is 5.24. The number of carbonyl (C=O) groups is 1. The van der Waals surface area contributed by atoms with Crippen LogP contribution in [-0.2, 0) is 14.3 Å². The van der Waals surface area contributed by atoms with Crippen molar-refractivity contribution in [3.8, 4) is 11.5 Å². The van der Waals surface area contributed by atoms with E-state index in [9.17, 15) is 4.79 Å². The lowest BCUT2D eigenvalue weighted by Crippen LogP contribution is -2.71. The van der Waals surface area contributed by atoms with Crippen LogP contribution in [0, 0.1) is 5.92 Å². The second kappa shape index (κ2) is 7.28. The van der Waals surface area contributed by atoms with E-state index in [0.29, 0.717) is 36.4 Å². The first kappa shape index (κ1) is 18.7. The molecule has 0 saturated carbocycles. The minimum atomic E-state index is -0.973. The number of fused-ring (bicyclic) bond motifs is 4. The third-order valence-corrected chi connectivity index (χ3v) is 5.24. The molecule has 8 heteroatoms. The average molecular weight is 380 g/mol. The summed E-state index contributed by atoms with van der Waals surface area (Å²) in [6.45, 7) is 4.91. The summed E-state index contributed by atoms with van der Waals surface area (Å²) in [5, 5.41) is 3.81. The zero-order chi connectivity index (χ0) is 18.9. The predicted octanol–water partition coefficient (Wildman–Crippen LogP) is 1.86. The van der Waals surface area contributed by atoms with E-state index in [1.807, 2.05) is 30.0 Å². The Hall–Kier alpha value is -2.06. The van der Waals surface area contributed by atoms with Crippen LogP contribution >= 0.6 is 12.2 Å².